The van der Waals surface area contributed by atoms with E-state index in [4.69, 9.17) is 4.74 Å². The van der Waals surface area contributed by atoms with Crippen LogP contribution >= 0.6 is 11.3 Å². The number of rotatable bonds is 2. The molecule has 0 saturated heterocycles. The van der Waals surface area contributed by atoms with Crippen LogP contribution in [0.4, 0.5) is 15.5 Å². The maximum Gasteiger partial charge on any atom is 0.419 e. The lowest BCUT2D eigenvalue weighted by Gasteiger charge is -2.18. The molecule has 0 N–H and O–H groups in total. The molecule has 2 rings (SSSR count). The van der Waals surface area contributed by atoms with Gasteiger partial charge in [-0.25, -0.2) is 9.69 Å². The minimum Gasteiger partial charge on any atom is -0.452 e. The number of hydrogen-bond donors (Lipinski definition) is 0. The van der Waals surface area contributed by atoms with Gasteiger partial charge in [-0.3, -0.25) is 0 Å². The lowest BCUT2D eigenvalue weighted by molar-refractivity contribution is 0.182. The quantitative estimate of drug-likeness (QED) is 0.793. The molecule has 0 atom stereocenters. The van der Waals surface area contributed by atoms with Crippen molar-refractivity contribution in [1.82, 2.24) is 0 Å². The van der Waals surface area contributed by atoms with Gasteiger partial charge in [0, 0.05) is 0 Å². The molecule has 0 saturated carbocycles. The number of carbonyl (C=O) groups excluding carboxylic acids is 1. The normalized spacial score (nSPS) is 9.81. The Hall–Kier alpha value is -1.81. The zero-order chi connectivity index (χ0) is 11.4. The SMILES string of the molecule is COC(=O)N(c1c[c]ccc1)c1cccs1. The van der Waals surface area contributed by atoms with E-state index in [1.54, 1.807) is 12.1 Å². The van der Waals surface area contributed by atoms with E-state index in [0.29, 0.717) is 0 Å². The predicted octanol–water partition coefficient (Wildman–Crippen LogP) is 3.45. The molecule has 3 nitrogen and oxygen atoms in total. The van der Waals surface area contributed by atoms with Gasteiger partial charge in [-0.05, 0) is 35.7 Å². The van der Waals surface area contributed by atoms with Crippen LogP contribution in [0.15, 0.2) is 41.8 Å². The van der Waals surface area contributed by atoms with Crippen molar-refractivity contribution >= 4 is 28.1 Å². The highest BCUT2D eigenvalue weighted by atomic mass is 32.1. The van der Waals surface area contributed by atoms with Gasteiger partial charge in [0.1, 0.15) is 5.00 Å². The first-order chi connectivity index (χ1) is 7.83. The molecule has 0 spiro atoms. The molecule has 0 aliphatic carbocycles. The molecular formula is C12H10NO2S. The number of thiophene rings is 1. The molecule has 0 fully saturated rings. The van der Waals surface area contributed by atoms with Gasteiger partial charge in [-0.2, -0.15) is 0 Å². The second-order valence-electron chi connectivity index (χ2n) is 3.02. The molecule has 0 aliphatic rings. The predicted molar refractivity (Wildman–Crippen MR) is 64.1 cm³/mol. The summed E-state index contributed by atoms with van der Waals surface area (Å²) in [6.45, 7) is 0. The fourth-order valence-corrected chi connectivity index (χ4v) is 2.07. The summed E-state index contributed by atoms with van der Waals surface area (Å²) in [7, 11) is 1.37. The fraction of sp³-hybridized carbons (Fsp3) is 0.0833. The number of nitrogens with zero attached hydrogens (tertiary/aromatic N) is 1. The van der Waals surface area contributed by atoms with Gasteiger partial charge in [-0.1, -0.05) is 12.1 Å². The molecule has 0 aliphatic heterocycles. The van der Waals surface area contributed by atoms with Crippen LogP contribution in [0.1, 0.15) is 0 Å². The van der Waals surface area contributed by atoms with Gasteiger partial charge in [0.25, 0.3) is 0 Å². The van der Waals surface area contributed by atoms with E-state index in [1.165, 1.54) is 23.3 Å². The standard InChI is InChI=1S/C12H10NO2S/c1-15-12(14)13(11-8-5-9-16-11)10-6-3-2-4-7-10/h2-3,5-9H,1H3. The van der Waals surface area contributed by atoms with Crippen molar-refractivity contribution in [3.05, 3.63) is 47.8 Å². The summed E-state index contributed by atoms with van der Waals surface area (Å²) in [6.07, 6.45) is -0.401. The summed E-state index contributed by atoms with van der Waals surface area (Å²) in [5.41, 5.74) is 0.747. The molecule has 0 bridgehead atoms. The second-order valence-corrected chi connectivity index (χ2v) is 3.94. The van der Waals surface area contributed by atoms with Crippen LogP contribution in [-0.2, 0) is 4.74 Å². The molecule has 1 heterocycles. The van der Waals surface area contributed by atoms with Crippen LogP contribution in [0.5, 0.6) is 0 Å². The van der Waals surface area contributed by atoms with Crippen molar-refractivity contribution in [1.29, 1.82) is 0 Å². The van der Waals surface area contributed by atoms with E-state index in [1.807, 2.05) is 29.6 Å². The summed E-state index contributed by atoms with van der Waals surface area (Å²) < 4.78 is 4.77. The van der Waals surface area contributed by atoms with Crippen LogP contribution < -0.4 is 4.90 Å². The Morgan fingerprint density at radius 1 is 1.44 bits per heavy atom. The fourth-order valence-electron chi connectivity index (χ4n) is 1.33. The number of amides is 1. The molecule has 16 heavy (non-hydrogen) atoms. The smallest absolute Gasteiger partial charge is 0.419 e. The van der Waals surface area contributed by atoms with Gasteiger partial charge in [0.05, 0.1) is 12.8 Å². The van der Waals surface area contributed by atoms with Crippen LogP contribution in [0.25, 0.3) is 0 Å². The number of carbonyl (C=O) groups is 1. The first-order valence-electron chi connectivity index (χ1n) is 4.70. The summed E-state index contributed by atoms with van der Waals surface area (Å²) in [4.78, 5) is 13.2. The zero-order valence-corrected chi connectivity index (χ0v) is 9.53. The van der Waals surface area contributed by atoms with Crippen molar-refractivity contribution in [3.8, 4) is 0 Å². The van der Waals surface area contributed by atoms with E-state index in [0.717, 1.165) is 10.7 Å². The molecule has 1 radical (unpaired) electrons. The summed E-state index contributed by atoms with van der Waals surface area (Å²) in [6, 6.07) is 13.9. The number of benzene rings is 1. The summed E-state index contributed by atoms with van der Waals surface area (Å²) >= 11 is 1.48. The van der Waals surface area contributed by atoms with Crippen LogP contribution in [0.2, 0.25) is 0 Å². The molecule has 0 unspecified atom stereocenters. The van der Waals surface area contributed by atoms with Crippen LogP contribution in [0.3, 0.4) is 0 Å². The minimum atomic E-state index is -0.401. The third kappa shape index (κ3) is 2.06. The van der Waals surface area contributed by atoms with Gasteiger partial charge in [-0.15, -0.1) is 11.3 Å². The minimum absolute atomic E-state index is 0.401. The maximum atomic E-state index is 11.7. The Morgan fingerprint density at radius 2 is 2.31 bits per heavy atom. The van der Waals surface area contributed by atoms with E-state index in [-0.39, 0.29) is 0 Å². The Bertz CT molecular complexity index is 453. The number of ether oxygens (including phenoxy) is 1. The molecule has 1 amide bonds. The van der Waals surface area contributed by atoms with Crippen molar-refractivity contribution in [2.24, 2.45) is 0 Å². The molecule has 81 valence electrons. The third-order valence-electron chi connectivity index (χ3n) is 2.03. The number of anilines is 2. The number of hydrogen-bond acceptors (Lipinski definition) is 3. The average Bonchev–Trinajstić information content (AvgIpc) is 2.84. The highest BCUT2D eigenvalue weighted by Gasteiger charge is 2.18. The summed E-state index contributed by atoms with van der Waals surface area (Å²) in [5.74, 6) is 0. The van der Waals surface area contributed by atoms with Gasteiger partial charge in [0.15, 0.2) is 0 Å². The molecular weight excluding hydrogens is 222 g/mol. The highest BCUT2D eigenvalue weighted by molar-refractivity contribution is 7.14. The molecule has 4 heteroatoms. The largest absolute Gasteiger partial charge is 0.452 e. The number of methoxy groups -OCH3 is 1. The van der Waals surface area contributed by atoms with Gasteiger partial charge < -0.3 is 4.74 Å². The van der Waals surface area contributed by atoms with Crippen molar-refractivity contribution < 1.29 is 9.53 Å². The zero-order valence-electron chi connectivity index (χ0n) is 8.71. The first-order valence-corrected chi connectivity index (χ1v) is 5.58. The maximum absolute atomic E-state index is 11.7. The van der Waals surface area contributed by atoms with E-state index in [9.17, 15) is 4.79 Å². The molecule has 1 aromatic heterocycles. The monoisotopic (exact) mass is 232 g/mol. The Morgan fingerprint density at radius 3 is 2.88 bits per heavy atom. The van der Waals surface area contributed by atoms with Crippen molar-refractivity contribution in [3.63, 3.8) is 0 Å². The Labute approximate surface area is 97.9 Å². The van der Waals surface area contributed by atoms with E-state index in [2.05, 4.69) is 6.07 Å². The first kappa shape index (κ1) is 10.7. The highest BCUT2D eigenvalue weighted by Crippen LogP contribution is 2.29. The van der Waals surface area contributed by atoms with Crippen LogP contribution in [0, 0.1) is 6.07 Å². The van der Waals surface area contributed by atoms with Crippen molar-refractivity contribution in [2.75, 3.05) is 12.0 Å². The lowest BCUT2D eigenvalue weighted by Crippen LogP contribution is -2.24. The molecule has 1 aromatic carbocycles. The summed E-state index contributed by atoms with van der Waals surface area (Å²) in [5, 5.41) is 2.74. The third-order valence-corrected chi connectivity index (χ3v) is 2.89. The Balaban J connectivity index is 2.40. The van der Waals surface area contributed by atoms with E-state index >= 15 is 0 Å². The van der Waals surface area contributed by atoms with Crippen molar-refractivity contribution in [2.45, 2.75) is 0 Å². The van der Waals surface area contributed by atoms with Gasteiger partial charge >= 0.3 is 6.09 Å². The average molecular weight is 232 g/mol. The second kappa shape index (κ2) is 4.81. The lowest BCUT2D eigenvalue weighted by atomic mass is 10.3. The topological polar surface area (TPSA) is 29.5 Å². The molecule has 2 aromatic rings. The van der Waals surface area contributed by atoms with Crippen LogP contribution in [-0.4, -0.2) is 13.2 Å². The van der Waals surface area contributed by atoms with Gasteiger partial charge in [0.2, 0.25) is 0 Å². The van der Waals surface area contributed by atoms with E-state index < -0.39 is 6.09 Å². The Kier molecular flexibility index (Phi) is 3.22.